The maximum absolute atomic E-state index is 5.95. The lowest BCUT2D eigenvalue weighted by Crippen LogP contribution is -2.38. The minimum absolute atomic E-state index is 0.183. The minimum Gasteiger partial charge on any atom is -0.399 e. The Morgan fingerprint density at radius 1 is 1.40 bits per heavy atom. The van der Waals surface area contributed by atoms with E-state index < -0.39 is 0 Å². The van der Waals surface area contributed by atoms with Crippen molar-refractivity contribution in [3.8, 4) is 0 Å². The molecule has 1 aliphatic heterocycles. The lowest BCUT2D eigenvalue weighted by Gasteiger charge is -2.18. The zero-order valence-electron chi connectivity index (χ0n) is 8.96. The summed E-state index contributed by atoms with van der Waals surface area (Å²) in [5.41, 5.74) is 14.7. The second-order valence-electron chi connectivity index (χ2n) is 4.14. The molecule has 4 heteroatoms. The molecule has 0 amide bonds. The van der Waals surface area contributed by atoms with E-state index in [-0.39, 0.29) is 6.04 Å². The molecule has 15 heavy (non-hydrogen) atoms. The Morgan fingerprint density at radius 3 is 2.80 bits per heavy atom. The van der Waals surface area contributed by atoms with Gasteiger partial charge in [0, 0.05) is 30.5 Å². The average molecular weight is 206 g/mol. The van der Waals surface area contributed by atoms with E-state index in [9.17, 15) is 0 Å². The molecule has 1 aromatic rings. The van der Waals surface area contributed by atoms with Gasteiger partial charge in [-0.1, -0.05) is 0 Å². The van der Waals surface area contributed by atoms with Crippen LogP contribution in [0.5, 0.6) is 0 Å². The van der Waals surface area contributed by atoms with Crippen molar-refractivity contribution in [1.82, 2.24) is 5.32 Å². The lowest BCUT2D eigenvalue weighted by molar-refractivity contribution is 0.678. The van der Waals surface area contributed by atoms with Gasteiger partial charge in [-0.2, -0.15) is 0 Å². The first-order chi connectivity index (χ1) is 7.16. The fraction of sp³-hybridized carbons (Fsp3) is 0.455. The van der Waals surface area contributed by atoms with Crippen molar-refractivity contribution >= 4 is 11.4 Å². The number of hydrogen-bond acceptors (Lipinski definition) is 4. The summed E-state index contributed by atoms with van der Waals surface area (Å²) in [7, 11) is 0. The predicted molar refractivity (Wildman–Crippen MR) is 63.8 cm³/mol. The molecule has 2 rings (SSSR count). The molecule has 1 saturated heterocycles. The Bertz CT molecular complexity index is 350. The number of nitrogens with one attached hydrogen (secondary N) is 2. The van der Waals surface area contributed by atoms with Gasteiger partial charge in [0.25, 0.3) is 0 Å². The number of benzene rings is 1. The van der Waals surface area contributed by atoms with Crippen LogP contribution < -0.4 is 22.1 Å². The average Bonchev–Trinajstić information content (AvgIpc) is 2.59. The molecule has 1 aliphatic rings. The van der Waals surface area contributed by atoms with Crippen molar-refractivity contribution in [2.45, 2.75) is 19.0 Å². The molecule has 82 valence electrons. The van der Waals surface area contributed by atoms with Gasteiger partial charge in [-0.15, -0.1) is 0 Å². The molecular formula is C11H18N4. The van der Waals surface area contributed by atoms with Crippen LogP contribution in [-0.2, 0) is 0 Å². The summed E-state index contributed by atoms with van der Waals surface area (Å²) in [5.74, 6) is 0. The predicted octanol–water partition coefficient (Wildman–Crippen LogP) is 0.288. The van der Waals surface area contributed by atoms with Crippen molar-refractivity contribution in [2.24, 2.45) is 5.73 Å². The molecule has 0 saturated carbocycles. The summed E-state index contributed by atoms with van der Waals surface area (Å²) < 4.78 is 0. The SMILES string of the molecule is Cc1cc(NC2CNCC2N)ccc1N. The van der Waals surface area contributed by atoms with Gasteiger partial charge in [-0.3, -0.25) is 0 Å². The second-order valence-corrected chi connectivity index (χ2v) is 4.14. The molecule has 4 nitrogen and oxygen atoms in total. The van der Waals surface area contributed by atoms with Gasteiger partial charge in [-0.25, -0.2) is 0 Å². The highest BCUT2D eigenvalue weighted by molar-refractivity contribution is 5.57. The number of hydrogen-bond donors (Lipinski definition) is 4. The molecule has 0 spiro atoms. The van der Waals surface area contributed by atoms with Crippen LogP contribution in [0, 0.1) is 6.92 Å². The summed E-state index contributed by atoms with van der Waals surface area (Å²) in [4.78, 5) is 0. The summed E-state index contributed by atoms with van der Waals surface area (Å²) in [6.07, 6.45) is 0. The normalized spacial score (nSPS) is 25.5. The molecule has 0 bridgehead atoms. The van der Waals surface area contributed by atoms with E-state index in [1.165, 1.54) is 0 Å². The first kappa shape index (κ1) is 10.3. The van der Waals surface area contributed by atoms with Gasteiger partial charge in [0.05, 0.1) is 6.04 Å². The highest BCUT2D eigenvalue weighted by Gasteiger charge is 2.22. The Hall–Kier alpha value is -1.26. The molecule has 6 N–H and O–H groups in total. The quantitative estimate of drug-likeness (QED) is 0.525. The number of rotatable bonds is 2. The van der Waals surface area contributed by atoms with Crippen LogP contribution in [0.25, 0.3) is 0 Å². The van der Waals surface area contributed by atoms with Crippen LogP contribution in [0.1, 0.15) is 5.56 Å². The third-order valence-electron chi connectivity index (χ3n) is 2.88. The topological polar surface area (TPSA) is 76.1 Å². The third kappa shape index (κ3) is 2.22. The van der Waals surface area contributed by atoms with Crippen molar-refractivity contribution in [3.05, 3.63) is 23.8 Å². The van der Waals surface area contributed by atoms with Crippen molar-refractivity contribution in [3.63, 3.8) is 0 Å². The Labute approximate surface area is 90.0 Å². The van der Waals surface area contributed by atoms with E-state index in [2.05, 4.69) is 16.7 Å². The monoisotopic (exact) mass is 206 g/mol. The third-order valence-corrected chi connectivity index (χ3v) is 2.88. The van der Waals surface area contributed by atoms with E-state index in [0.717, 1.165) is 30.0 Å². The molecule has 0 radical (unpaired) electrons. The standard InChI is InChI=1S/C11H18N4/c1-7-4-8(2-3-9(7)12)15-11-6-14-5-10(11)13/h2-4,10-11,14-15H,5-6,12-13H2,1H3. The Balaban J connectivity index is 2.07. The van der Waals surface area contributed by atoms with Gasteiger partial charge in [0.15, 0.2) is 0 Å². The Morgan fingerprint density at radius 2 is 2.20 bits per heavy atom. The fourth-order valence-corrected chi connectivity index (χ4v) is 1.84. The van der Waals surface area contributed by atoms with Crippen LogP contribution >= 0.6 is 0 Å². The smallest absolute Gasteiger partial charge is 0.0549 e. The minimum atomic E-state index is 0.183. The Kier molecular flexibility index (Phi) is 2.79. The van der Waals surface area contributed by atoms with Crippen molar-refractivity contribution in [2.75, 3.05) is 24.1 Å². The highest BCUT2D eigenvalue weighted by Crippen LogP contribution is 2.18. The van der Waals surface area contributed by atoms with E-state index in [1.807, 2.05) is 19.1 Å². The number of aryl methyl sites for hydroxylation is 1. The van der Waals surface area contributed by atoms with Crippen LogP contribution in [0.15, 0.2) is 18.2 Å². The van der Waals surface area contributed by atoms with Crippen LogP contribution in [-0.4, -0.2) is 25.2 Å². The largest absolute Gasteiger partial charge is 0.399 e. The fourth-order valence-electron chi connectivity index (χ4n) is 1.84. The molecule has 2 unspecified atom stereocenters. The number of nitrogens with two attached hydrogens (primary N) is 2. The zero-order chi connectivity index (χ0) is 10.8. The molecule has 1 heterocycles. The first-order valence-corrected chi connectivity index (χ1v) is 5.26. The van der Waals surface area contributed by atoms with Gasteiger partial charge in [0.1, 0.15) is 0 Å². The van der Waals surface area contributed by atoms with Gasteiger partial charge < -0.3 is 22.1 Å². The highest BCUT2D eigenvalue weighted by atomic mass is 15.1. The van der Waals surface area contributed by atoms with Gasteiger partial charge >= 0.3 is 0 Å². The summed E-state index contributed by atoms with van der Waals surface area (Å²) in [6, 6.07) is 6.47. The zero-order valence-corrected chi connectivity index (χ0v) is 8.96. The molecule has 0 aromatic heterocycles. The lowest BCUT2D eigenvalue weighted by atomic mass is 10.1. The van der Waals surface area contributed by atoms with Crippen molar-refractivity contribution < 1.29 is 0 Å². The van der Waals surface area contributed by atoms with Crippen molar-refractivity contribution in [1.29, 1.82) is 0 Å². The van der Waals surface area contributed by atoms with E-state index >= 15 is 0 Å². The number of nitrogen functional groups attached to an aromatic ring is 1. The van der Waals surface area contributed by atoms with Crippen LogP contribution in [0.3, 0.4) is 0 Å². The molecular weight excluding hydrogens is 188 g/mol. The summed E-state index contributed by atoms with van der Waals surface area (Å²) >= 11 is 0. The molecule has 1 aromatic carbocycles. The maximum atomic E-state index is 5.95. The number of anilines is 2. The maximum Gasteiger partial charge on any atom is 0.0549 e. The van der Waals surface area contributed by atoms with E-state index in [1.54, 1.807) is 0 Å². The molecule has 0 aliphatic carbocycles. The summed E-state index contributed by atoms with van der Waals surface area (Å²) in [6.45, 7) is 3.81. The summed E-state index contributed by atoms with van der Waals surface area (Å²) in [5, 5.41) is 6.67. The van der Waals surface area contributed by atoms with Gasteiger partial charge in [0.2, 0.25) is 0 Å². The van der Waals surface area contributed by atoms with E-state index in [0.29, 0.717) is 6.04 Å². The van der Waals surface area contributed by atoms with Gasteiger partial charge in [-0.05, 0) is 30.7 Å². The van der Waals surface area contributed by atoms with Crippen LogP contribution in [0.4, 0.5) is 11.4 Å². The molecule has 2 atom stereocenters. The van der Waals surface area contributed by atoms with Crippen LogP contribution in [0.2, 0.25) is 0 Å². The van der Waals surface area contributed by atoms with E-state index in [4.69, 9.17) is 11.5 Å². The first-order valence-electron chi connectivity index (χ1n) is 5.26. The second kappa shape index (κ2) is 4.08. The molecule has 1 fully saturated rings.